The molecule has 4 heteroatoms. The molecule has 1 aliphatic heterocycles. The molecule has 0 aromatic heterocycles. The summed E-state index contributed by atoms with van der Waals surface area (Å²) in [6.45, 7) is 1.18. The summed E-state index contributed by atoms with van der Waals surface area (Å²) in [4.78, 5) is 0. The molecule has 0 saturated carbocycles. The van der Waals surface area contributed by atoms with E-state index in [-0.39, 0.29) is 0 Å². The van der Waals surface area contributed by atoms with Crippen molar-refractivity contribution in [1.82, 2.24) is 4.72 Å². The minimum absolute atomic E-state index is 1.18. The first kappa shape index (κ1) is 7.12. The van der Waals surface area contributed by atoms with Gasteiger partial charge >= 0.3 is 0 Å². The maximum atomic E-state index is 3.25. The largest absolute Gasteiger partial charge is 0.254 e. The van der Waals surface area contributed by atoms with Crippen molar-refractivity contribution in [3.63, 3.8) is 0 Å². The zero-order chi connectivity index (χ0) is 5.66. The van der Waals surface area contributed by atoms with Gasteiger partial charge < -0.3 is 0 Å². The number of rotatable bonds is 0. The molecule has 0 unspecified atom stereocenters. The molecule has 1 heterocycles. The number of hydrogen-bond acceptors (Lipinski definition) is 4. The molecule has 1 N–H and O–H groups in total. The Bertz CT molecular complexity index is 35.2. The Morgan fingerprint density at radius 3 is 3.25 bits per heavy atom. The average molecular weight is 167 g/mol. The molecule has 0 amide bonds. The van der Waals surface area contributed by atoms with E-state index in [0.29, 0.717) is 0 Å². The van der Waals surface area contributed by atoms with Crippen molar-refractivity contribution in [3.05, 3.63) is 0 Å². The molecule has 48 valence electrons. The average Bonchev–Trinajstić information content (AvgIpc) is 1.62. The maximum absolute atomic E-state index is 3.25. The molecule has 1 rings (SSSR count). The molecule has 0 radical (unpaired) electrons. The Hall–Kier alpha value is 1.01. The molecule has 0 aliphatic carbocycles. The third-order valence-electron chi connectivity index (χ3n) is 0.898. The van der Waals surface area contributed by atoms with Gasteiger partial charge in [-0.25, -0.2) is 0 Å². The summed E-state index contributed by atoms with van der Waals surface area (Å²) in [6, 6.07) is 0. The molecular formula is C4H9NS3. The molecule has 0 atom stereocenters. The van der Waals surface area contributed by atoms with Crippen LogP contribution in [0, 0.1) is 0 Å². The van der Waals surface area contributed by atoms with E-state index in [4.69, 9.17) is 0 Å². The first-order chi connectivity index (χ1) is 4.00. The van der Waals surface area contributed by atoms with Crippen LogP contribution in [-0.2, 0) is 0 Å². The highest BCUT2D eigenvalue weighted by molar-refractivity contribution is 9.09. The minimum atomic E-state index is 1.18. The smallest absolute Gasteiger partial charge is 0.00669 e. The summed E-state index contributed by atoms with van der Waals surface area (Å²) in [5, 5.41) is 0. The normalized spacial score (nSPS) is 24.0. The molecule has 1 saturated heterocycles. The molecule has 0 aromatic rings. The van der Waals surface area contributed by atoms with Crippen LogP contribution in [0.1, 0.15) is 12.8 Å². The quantitative estimate of drug-likeness (QED) is 0.439. The van der Waals surface area contributed by atoms with Crippen LogP contribution in [0.3, 0.4) is 0 Å². The van der Waals surface area contributed by atoms with E-state index in [1.807, 2.05) is 20.6 Å². The van der Waals surface area contributed by atoms with Crippen molar-refractivity contribution in [2.75, 3.05) is 12.3 Å². The van der Waals surface area contributed by atoms with Gasteiger partial charge in [0.15, 0.2) is 0 Å². The highest BCUT2D eigenvalue weighted by Crippen LogP contribution is 2.33. The van der Waals surface area contributed by atoms with E-state index in [2.05, 4.69) is 4.72 Å². The lowest BCUT2D eigenvalue weighted by Crippen LogP contribution is -2.04. The van der Waals surface area contributed by atoms with Gasteiger partial charge in [-0.1, -0.05) is 10.8 Å². The second kappa shape index (κ2) is 4.85. The Labute approximate surface area is 61.7 Å². The Morgan fingerprint density at radius 2 is 2.25 bits per heavy atom. The third kappa shape index (κ3) is 3.12. The fraction of sp³-hybridized carbons (Fsp3) is 1.00. The summed E-state index contributed by atoms with van der Waals surface area (Å²) in [7, 11) is 5.56. The fourth-order valence-corrected chi connectivity index (χ4v) is 3.77. The van der Waals surface area contributed by atoms with E-state index >= 15 is 0 Å². The fourth-order valence-electron chi connectivity index (χ4n) is 0.482. The lowest BCUT2D eigenvalue weighted by molar-refractivity contribution is 0.785. The first-order valence-corrected chi connectivity index (χ1v) is 6.33. The van der Waals surface area contributed by atoms with Crippen LogP contribution < -0.4 is 4.72 Å². The van der Waals surface area contributed by atoms with Gasteiger partial charge in [0.1, 0.15) is 0 Å². The summed E-state index contributed by atoms with van der Waals surface area (Å²) in [6.07, 6.45) is 2.70. The molecule has 1 aliphatic rings. The molecule has 0 spiro atoms. The highest BCUT2D eigenvalue weighted by atomic mass is 33.5. The van der Waals surface area contributed by atoms with Gasteiger partial charge in [0.05, 0.1) is 0 Å². The second-order valence-corrected chi connectivity index (χ2v) is 5.65. The lowest BCUT2D eigenvalue weighted by Gasteiger charge is -2.05. The molecular weight excluding hydrogens is 158 g/mol. The van der Waals surface area contributed by atoms with Gasteiger partial charge in [-0.2, -0.15) is 0 Å². The van der Waals surface area contributed by atoms with Crippen molar-refractivity contribution in [3.8, 4) is 0 Å². The maximum Gasteiger partial charge on any atom is 0.00669 e. The van der Waals surface area contributed by atoms with Crippen LogP contribution in [-0.4, -0.2) is 12.3 Å². The van der Waals surface area contributed by atoms with Crippen molar-refractivity contribution >= 4 is 31.6 Å². The van der Waals surface area contributed by atoms with E-state index < -0.39 is 0 Å². The summed E-state index contributed by atoms with van der Waals surface area (Å²) < 4.78 is 3.25. The topological polar surface area (TPSA) is 12.0 Å². The van der Waals surface area contributed by atoms with E-state index in [1.54, 1.807) is 11.0 Å². The summed E-state index contributed by atoms with van der Waals surface area (Å²) in [5.74, 6) is 1.32. The zero-order valence-corrected chi connectivity index (χ0v) is 7.00. The third-order valence-corrected chi connectivity index (χ3v) is 4.66. The first-order valence-electron chi connectivity index (χ1n) is 2.68. The Morgan fingerprint density at radius 1 is 1.25 bits per heavy atom. The molecule has 1 nitrogen and oxygen atoms in total. The van der Waals surface area contributed by atoms with Gasteiger partial charge in [-0.05, 0) is 22.7 Å². The number of nitrogens with one attached hydrogen (secondary N) is 1. The minimum Gasteiger partial charge on any atom is -0.254 e. The van der Waals surface area contributed by atoms with Crippen LogP contribution in [0.5, 0.6) is 0 Å². The SMILES string of the molecule is C1CCSSSNC1. The van der Waals surface area contributed by atoms with Crippen LogP contribution in [0.4, 0.5) is 0 Å². The zero-order valence-electron chi connectivity index (χ0n) is 4.55. The predicted octanol–water partition coefficient (Wildman–Crippen LogP) is 2.31. The monoisotopic (exact) mass is 167 g/mol. The van der Waals surface area contributed by atoms with Gasteiger partial charge in [0.25, 0.3) is 0 Å². The van der Waals surface area contributed by atoms with Gasteiger partial charge in [-0.3, -0.25) is 4.72 Å². The van der Waals surface area contributed by atoms with Gasteiger partial charge in [0, 0.05) is 23.3 Å². The van der Waals surface area contributed by atoms with Gasteiger partial charge in [0.2, 0.25) is 0 Å². The predicted molar refractivity (Wildman–Crippen MR) is 44.9 cm³/mol. The molecule has 0 bridgehead atoms. The van der Waals surface area contributed by atoms with E-state index in [1.165, 1.54) is 25.1 Å². The summed E-state index contributed by atoms with van der Waals surface area (Å²) in [5.41, 5.74) is 0. The molecule has 8 heavy (non-hydrogen) atoms. The van der Waals surface area contributed by atoms with Gasteiger partial charge in [-0.15, -0.1) is 0 Å². The second-order valence-electron chi connectivity index (χ2n) is 1.57. The number of hydrogen-bond donors (Lipinski definition) is 1. The molecule has 1 fully saturated rings. The highest BCUT2D eigenvalue weighted by Gasteiger charge is 1.96. The lowest BCUT2D eigenvalue weighted by atomic mass is 10.3. The molecule has 0 aromatic carbocycles. The van der Waals surface area contributed by atoms with Crippen molar-refractivity contribution in [2.45, 2.75) is 12.8 Å². The van der Waals surface area contributed by atoms with Crippen LogP contribution in [0.2, 0.25) is 0 Å². The Kier molecular flexibility index (Phi) is 4.32. The van der Waals surface area contributed by atoms with Crippen molar-refractivity contribution in [2.24, 2.45) is 0 Å². The van der Waals surface area contributed by atoms with Crippen LogP contribution >= 0.6 is 31.6 Å². The van der Waals surface area contributed by atoms with Crippen molar-refractivity contribution < 1.29 is 0 Å². The van der Waals surface area contributed by atoms with Crippen molar-refractivity contribution in [1.29, 1.82) is 0 Å². The standard InChI is InChI=1S/C4H9NS3/c1-2-4-6-8-7-5-3-1/h5H,1-4H2. The van der Waals surface area contributed by atoms with E-state index in [9.17, 15) is 0 Å². The van der Waals surface area contributed by atoms with Crippen LogP contribution in [0.15, 0.2) is 0 Å². The van der Waals surface area contributed by atoms with E-state index in [0.717, 1.165) is 0 Å². The van der Waals surface area contributed by atoms with Crippen LogP contribution in [0.25, 0.3) is 0 Å². The Balaban J connectivity index is 2.00. The summed E-state index contributed by atoms with van der Waals surface area (Å²) >= 11 is 0.